The third-order valence-electron chi connectivity index (χ3n) is 5.75. The Morgan fingerprint density at radius 3 is 2.79 bits per heavy atom. The first-order valence-corrected chi connectivity index (χ1v) is 10.7. The molecule has 0 radical (unpaired) electrons. The zero-order chi connectivity index (χ0) is 20.6. The number of methoxy groups -OCH3 is 1. The van der Waals surface area contributed by atoms with Crippen LogP contribution in [0.2, 0.25) is 0 Å². The van der Waals surface area contributed by atoms with Gasteiger partial charge in [0.2, 0.25) is 0 Å². The molecule has 1 amide bonds. The van der Waals surface area contributed by atoms with Crippen LogP contribution in [0.3, 0.4) is 0 Å². The van der Waals surface area contributed by atoms with E-state index in [2.05, 4.69) is 13.0 Å². The Balaban J connectivity index is 1.48. The molecule has 1 fully saturated rings. The molecule has 3 rings (SSSR count). The first kappa shape index (κ1) is 21.7. The molecule has 29 heavy (non-hydrogen) atoms. The monoisotopic (exact) mass is 403 g/mol. The molecular formula is C23H33NO5. The number of carbonyl (C=O) groups is 1. The highest BCUT2D eigenvalue weighted by atomic mass is 16.6. The maximum atomic E-state index is 12.5. The van der Waals surface area contributed by atoms with E-state index in [1.54, 1.807) is 12.0 Å². The number of unbranched alkanes of at least 4 members (excludes halogenated alkanes) is 2. The van der Waals surface area contributed by atoms with E-state index in [4.69, 9.17) is 14.2 Å². The minimum Gasteiger partial charge on any atom is -0.497 e. The van der Waals surface area contributed by atoms with Crippen molar-refractivity contribution in [3.8, 4) is 5.75 Å². The first-order chi connectivity index (χ1) is 14.1. The van der Waals surface area contributed by atoms with Crippen LogP contribution in [0.1, 0.15) is 51.0 Å². The highest BCUT2D eigenvalue weighted by Crippen LogP contribution is 2.32. The molecule has 1 aromatic carbocycles. The van der Waals surface area contributed by atoms with Crippen molar-refractivity contribution in [1.29, 1.82) is 0 Å². The summed E-state index contributed by atoms with van der Waals surface area (Å²) in [6.45, 7) is 3.22. The van der Waals surface area contributed by atoms with Crippen LogP contribution in [0.4, 0.5) is 4.79 Å². The largest absolute Gasteiger partial charge is 0.497 e. The second kappa shape index (κ2) is 10.6. The summed E-state index contributed by atoms with van der Waals surface area (Å²) in [5.41, 5.74) is 1.09. The first-order valence-electron chi connectivity index (χ1n) is 10.7. The second-order valence-corrected chi connectivity index (χ2v) is 7.82. The normalized spacial score (nSPS) is 24.3. The lowest BCUT2D eigenvalue weighted by atomic mass is 9.94. The van der Waals surface area contributed by atoms with E-state index >= 15 is 0 Å². The average molecular weight is 404 g/mol. The molecule has 2 aliphatic rings. The molecule has 2 heterocycles. The van der Waals surface area contributed by atoms with Gasteiger partial charge in [0.05, 0.1) is 25.9 Å². The number of fused-ring (bicyclic) bond motifs is 1. The van der Waals surface area contributed by atoms with E-state index in [1.165, 1.54) is 0 Å². The summed E-state index contributed by atoms with van der Waals surface area (Å²) in [7, 11) is 1.65. The number of rotatable bonds is 11. The molecule has 1 saturated heterocycles. The van der Waals surface area contributed by atoms with E-state index in [9.17, 15) is 9.90 Å². The van der Waals surface area contributed by atoms with Gasteiger partial charge < -0.3 is 19.3 Å². The van der Waals surface area contributed by atoms with Crippen LogP contribution in [-0.2, 0) is 16.1 Å². The van der Waals surface area contributed by atoms with Crippen molar-refractivity contribution in [2.75, 3.05) is 13.7 Å². The van der Waals surface area contributed by atoms with Gasteiger partial charge in [0.1, 0.15) is 5.75 Å². The van der Waals surface area contributed by atoms with E-state index in [0.29, 0.717) is 19.6 Å². The Morgan fingerprint density at radius 2 is 2.07 bits per heavy atom. The van der Waals surface area contributed by atoms with Crippen molar-refractivity contribution < 1.29 is 24.1 Å². The minimum absolute atomic E-state index is 0.0428. The van der Waals surface area contributed by atoms with Gasteiger partial charge in [0, 0.05) is 12.6 Å². The summed E-state index contributed by atoms with van der Waals surface area (Å²) in [6, 6.07) is 7.67. The Kier molecular flexibility index (Phi) is 7.95. The van der Waals surface area contributed by atoms with Crippen LogP contribution >= 0.6 is 0 Å². The molecule has 0 unspecified atom stereocenters. The van der Waals surface area contributed by atoms with Gasteiger partial charge in [-0.25, -0.2) is 4.79 Å². The van der Waals surface area contributed by atoms with Gasteiger partial charge in [-0.2, -0.15) is 0 Å². The summed E-state index contributed by atoms with van der Waals surface area (Å²) in [6.07, 6.45) is 8.02. The molecule has 6 nitrogen and oxygen atoms in total. The van der Waals surface area contributed by atoms with E-state index in [0.717, 1.165) is 43.4 Å². The highest BCUT2D eigenvalue weighted by molar-refractivity contribution is 5.72. The number of cyclic esters (lactones) is 1. The van der Waals surface area contributed by atoms with Gasteiger partial charge in [0.15, 0.2) is 6.10 Å². The van der Waals surface area contributed by atoms with Gasteiger partial charge in [-0.05, 0) is 37.0 Å². The predicted molar refractivity (Wildman–Crippen MR) is 111 cm³/mol. The number of amides is 1. The molecule has 0 saturated carbocycles. The van der Waals surface area contributed by atoms with Gasteiger partial charge in [-0.3, -0.25) is 4.90 Å². The molecule has 1 aromatic rings. The fourth-order valence-corrected chi connectivity index (χ4v) is 4.07. The van der Waals surface area contributed by atoms with Gasteiger partial charge in [-0.15, -0.1) is 0 Å². The SMILES string of the molecule is CCCCC[C@H](O)[C@@H]1OC(=O)N2[C@@H](CCOCc3ccc(OC)cc3)CC=C[C@H]12. The summed E-state index contributed by atoms with van der Waals surface area (Å²) >= 11 is 0. The number of aliphatic hydroxyl groups excluding tert-OH is 1. The number of benzene rings is 1. The molecule has 1 N–H and O–H groups in total. The lowest BCUT2D eigenvalue weighted by Gasteiger charge is -2.34. The molecule has 4 atom stereocenters. The van der Waals surface area contributed by atoms with Crippen molar-refractivity contribution in [3.63, 3.8) is 0 Å². The van der Waals surface area contributed by atoms with Crippen LogP contribution < -0.4 is 4.74 Å². The number of aliphatic hydroxyl groups is 1. The number of hydrogen-bond acceptors (Lipinski definition) is 5. The van der Waals surface area contributed by atoms with Gasteiger partial charge in [0.25, 0.3) is 0 Å². The topological polar surface area (TPSA) is 68.2 Å². The molecule has 0 aliphatic carbocycles. The molecule has 6 heteroatoms. The maximum Gasteiger partial charge on any atom is 0.411 e. The van der Waals surface area contributed by atoms with Gasteiger partial charge in [-0.1, -0.05) is 50.5 Å². The molecule has 2 aliphatic heterocycles. The van der Waals surface area contributed by atoms with Crippen LogP contribution in [-0.4, -0.2) is 54.1 Å². The molecular weight excluding hydrogens is 370 g/mol. The van der Waals surface area contributed by atoms with Gasteiger partial charge >= 0.3 is 6.09 Å². The minimum atomic E-state index is -0.616. The zero-order valence-corrected chi connectivity index (χ0v) is 17.5. The molecule has 0 spiro atoms. The standard InChI is InChI=1S/C23H33NO5/c1-3-4-5-9-21(25)22-20-8-6-7-18(24(20)23(26)29-22)14-15-28-16-17-10-12-19(27-2)13-11-17/h6,8,10-13,18,20-22,25H,3-5,7,9,14-16H2,1-2H3/t18-,20-,21+,22-/m1/s1. The third kappa shape index (κ3) is 5.52. The zero-order valence-electron chi connectivity index (χ0n) is 17.5. The summed E-state index contributed by atoms with van der Waals surface area (Å²) in [5.74, 6) is 0.827. The Bertz CT molecular complexity index is 674. The molecule has 160 valence electrons. The maximum absolute atomic E-state index is 12.5. The number of carbonyl (C=O) groups excluding carboxylic acids is 1. The average Bonchev–Trinajstić information content (AvgIpc) is 3.09. The summed E-state index contributed by atoms with van der Waals surface area (Å²) in [4.78, 5) is 14.3. The number of ether oxygens (including phenoxy) is 3. The predicted octanol–water partition coefficient (Wildman–Crippen LogP) is 4.06. The van der Waals surface area contributed by atoms with Crippen LogP contribution in [0.5, 0.6) is 5.75 Å². The van der Waals surface area contributed by atoms with Crippen molar-refractivity contribution in [1.82, 2.24) is 4.90 Å². The smallest absolute Gasteiger partial charge is 0.411 e. The molecule has 0 bridgehead atoms. The highest BCUT2D eigenvalue weighted by Gasteiger charge is 2.47. The Labute approximate surface area is 173 Å². The fraction of sp³-hybridized carbons (Fsp3) is 0.609. The summed E-state index contributed by atoms with van der Waals surface area (Å²) in [5, 5.41) is 10.5. The van der Waals surface area contributed by atoms with Crippen molar-refractivity contribution in [2.45, 2.75) is 76.3 Å². The third-order valence-corrected chi connectivity index (χ3v) is 5.75. The fourth-order valence-electron chi connectivity index (χ4n) is 4.07. The van der Waals surface area contributed by atoms with E-state index in [1.807, 2.05) is 30.3 Å². The number of nitrogens with zero attached hydrogens (tertiary/aromatic N) is 1. The van der Waals surface area contributed by atoms with Crippen LogP contribution in [0.25, 0.3) is 0 Å². The van der Waals surface area contributed by atoms with Crippen molar-refractivity contribution in [2.24, 2.45) is 0 Å². The van der Waals surface area contributed by atoms with Crippen LogP contribution in [0, 0.1) is 0 Å². The van der Waals surface area contributed by atoms with E-state index in [-0.39, 0.29) is 18.2 Å². The van der Waals surface area contributed by atoms with Crippen LogP contribution in [0.15, 0.2) is 36.4 Å². The quantitative estimate of drug-likeness (QED) is 0.446. The van der Waals surface area contributed by atoms with Crippen molar-refractivity contribution in [3.05, 3.63) is 42.0 Å². The Hall–Kier alpha value is -2.05. The lowest BCUT2D eigenvalue weighted by Crippen LogP contribution is -2.47. The lowest BCUT2D eigenvalue weighted by molar-refractivity contribution is 0.0169. The van der Waals surface area contributed by atoms with E-state index < -0.39 is 12.2 Å². The van der Waals surface area contributed by atoms with Crippen molar-refractivity contribution >= 4 is 6.09 Å². The summed E-state index contributed by atoms with van der Waals surface area (Å²) < 4.78 is 16.6. The Morgan fingerprint density at radius 1 is 1.28 bits per heavy atom. The second-order valence-electron chi connectivity index (χ2n) is 7.82. The number of hydrogen-bond donors (Lipinski definition) is 1. The molecule has 0 aromatic heterocycles.